The normalized spacial score (nSPS) is 34.0. The Hall–Kier alpha value is -2.27. The predicted molar refractivity (Wildman–Crippen MR) is 121 cm³/mol. The first kappa shape index (κ1) is 29.3. The Balaban J connectivity index is 1.82. The van der Waals surface area contributed by atoms with E-state index in [1.807, 2.05) is 6.92 Å². The molecule has 14 nitrogen and oxygen atoms in total. The van der Waals surface area contributed by atoms with Crippen molar-refractivity contribution in [2.75, 3.05) is 19.8 Å². The van der Waals surface area contributed by atoms with Crippen LogP contribution in [0.1, 0.15) is 42.1 Å². The monoisotopic (exact) mass is 534 g/mol. The third-order valence-corrected chi connectivity index (χ3v) is 6.51. The molecular weight excluding hydrogens is 500 g/mol. The second-order valence-electron chi connectivity index (χ2n) is 9.21. The van der Waals surface area contributed by atoms with Crippen LogP contribution in [0.25, 0.3) is 0 Å². The van der Waals surface area contributed by atoms with Gasteiger partial charge in [-0.25, -0.2) is 4.79 Å². The zero-order valence-corrected chi connectivity index (χ0v) is 20.1. The van der Waals surface area contributed by atoms with E-state index in [4.69, 9.17) is 18.9 Å². The van der Waals surface area contributed by atoms with Gasteiger partial charge in [0.05, 0.1) is 25.4 Å². The molecule has 2 heterocycles. The summed E-state index contributed by atoms with van der Waals surface area (Å²) < 4.78 is 21.6. The van der Waals surface area contributed by atoms with Crippen molar-refractivity contribution >= 4 is 5.97 Å². The molecule has 3 rings (SSSR count). The number of ether oxygens (including phenoxy) is 4. The zero-order chi connectivity index (χ0) is 27.5. The number of rotatable bonds is 11. The molecule has 1 aromatic rings. The summed E-state index contributed by atoms with van der Waals surface area (Å²) in [5.41, 5.74) is -2.26. The van der Waals surface area contributed by atoms with E-state index in [0.717, 1.165) is 18.9 Å². The Bertz CT molecular complexity index is 941. The molecule has 0 radical (unpaired) electrons. The number of aliphatic hydroxyl groups excluding tert-OH is 5. The minimum absolute atomic E-state index is 0.0335. The Morgan fingerprint density at radius 2 is 1.81 bits per heavy atom. The van der Waals surface area contributed by atoms with Crippen molar-refractivity contribution in [1.82, 2.24) is 0 Å². The Morgan fingerprint density at radius 1 is 1.11 bits per heavy atom. The van der Waals surface area contributed by atoms with E-state index in [-0.39, 0.29) is 17.5 Å². The van der Waals surface area contributed by atoms with E-state index in [9.17, 15) is 50.8 Å². The number of hydrogen-bond donors (Lipinski definition) is 9. The number of aliphatic hydroxyl groups is 6. The molecule has 0 amide bonds. The number of unbranched alkanes of at least 4 members (excludes halogenated alkanes) is 2. The maximum absolute atomic E-state index is 11.8. The highest BCUT2D eigenvalue weighted by Crippen LogP contribution is 2.43. The minimum atomic E-state index is -1.96. The Kier molecular flexibility index (Phi) is 9.55. The van der Waals surface area contributed by atoms with Crippen molar-refractivity contribution in [3.63, 3.8) is 0 Å². The van der Waals surface area contributed by atoms with Crippen LogP contribution in [0.5, 0.6) is 17.2 Å². The van der Waals surface area contributed by atoms with Crippen LogP contribution in [-0.2, 0) is 20.6 Å². The molecule has 0 spiro atoms. The molecule has 1 aromatic carbocycles. The fourth-order valence-electron chi connectivity index (χ4n) is 4.18. The molecule has 0 bridgehead atoms. The molecular formula is C23H34O14. The van der Waals surface area contributed by atoms with Crippen molar-refractivity contribution in [3.8, 4) is 17.2 Å². The second kappa shape index (κ2) is 12.1. The Morgan fingerprint density at radius 3 is 2.41 bits per heavy atom. The fourth-order valence-corrected chi connectivity index (χ4v) is 4.18. The van der Waals surface area contributed by atoms with Crippen molar-refractivity contribution < 1.29 is 69.7 Å². The van der Waals surface area contributed by atoms with Gasteiger partial charge in [0, 0.05) is 5.56 Å². The molecule has 210 valence electrons. The molecule has 8 unspecified atom stereocenters. The highest BCUT2D eigenvalue weighted by Gasteiger charge is 2.50. The summed E-state index contributed by atoms with van der Waals surface area (Å²) in [7, 11) is 0. The van der Waals surface area contributed by atoms with Gasteiger partial charge in [-0.1, -0.05) is 19.8 Å². The zero-order valence-electron chi connectivity index (χ0n) is 20.1. The lowest BCUT2D eigenvalue weighted by atomic mass is 9.97. The first-order chi connectivity index (χ1) is 17.4. The quantitative estimate of drug-likeness (QED) is 0.112. The molecule has 9 N–H and O–H groups in total. The number of phenolic OH excluding ortho intramolecular Hbond substituents is 2. The summed E-state index contributed by atoms with van der Waals surface area (Å²) in [5.74, 6) is -3.45. The lowest BCUT2D eigenvalue weighted by Crippen LogP contribution is -2.60. The summed E-state index contributed by atoms with van der Waals surface area (Å²) in [5, 5.41) is 90.7. The average Bonchev–Trinajstić information content (AvgIpc) is 3.16. The van der Waals surface area contributed by atoms with Gasteiger partial charge in [0.15, 0.2) is 17.8 Å². The number of carboxylic acid groups (broad SMARTS) is 1. The molecule has 2 aliphatic heterocycles. The third-order valence-electron chi connectivity index (χ3n) is 6.51. The Labute approximate surface area is 211 Å². The topological polar surface area (TPSA) is 236 Å². The number of phenols is 2. The maximum Gasteiger partial charge on any atom is 0.336 e. The highest BCUT2D eigenvalue weighted by atomic mass is 16.7. The first-order valence-corrected chi connectivity index (χ1v) is 11.9. The average molecular weight is 535 g/mol. The van der Waals surface area contributed by atoms with E-state index in [1.165, 1.54) is 0 Å². The van der Waals surface area contributed by atoms with Crippen molar-refractivity contribution in [1.29, 1.82) is 0 Å². The lowest BCUT2D eigenvalue weighted by molar-refractivity contribution is -0.289. The number of benzene rings is 1. The number of carbonyl (C=O) groups is 1. The molecule has 37 heavy (non-hydrogen) atoms. The summed E-state index contributed by atoms with van der Waals surface area (Å²) in [4.78, 5) is 11.8. The largest absolute Gasteiger partial charge is 0.504 e. The highest BCUT2D eigenvalue weighted by molar-refractivity contribution is 5.91. The van der Waals surface area contributed by atoms with Crippen LogP contribution < -0.4 is 4.74 Å². The van der Waals surface area contributed by atoms with E-state index in [2.05, 4.69) is 0 Å². The van der Waals surface area contributed by atoms with Crippen LogP contribution in [0.2, 0.25) is 0 Å². The molecule has 0 saturated carbocycles. The summed E-state index contributed by atoms with van der Waals surface area (Å²) >= 11 is 0. The van der Waals surface area contributed by atoms with Gasteiger partial charge < -0.3 is 64.9 Å². The van der Waals surface area contributed by atoms with E-state index < -0.39 is 91.7 Å². The van der Waals surface area contributed by atoms with Crippen LogP contribution in [0, 0.1) is 0 Å². The smallest absolute Gasteiger partial charge is 0.336 e. The molecule has 0 aromatic heterocycles. The van der Waals surface area contributed by atoms with Gasteiger partial charge in [0.2, 0.25) is 12.0 Å². The van der Waals surface area contributed by atoms with Crippen LogP contribution in [0.15, 0.2) is 6.07 Å². The van der Waals surface area contributed by atoms with Gasteiger partial charge in [0.1, 0.15) is 36.1 Å². The standard InChI is InChI=1S/C23H34O14/c1-2-3-4-5-10-11(20(31)32)6-12(25)14(26)18(10)37-21-17(29)16(28)15(27)13(36-21)7-34-22-19(30)23(33,8-24)9-35-22/h6,13,15-17,19,21-22,24-30,33H,2-5,7-9H2,1H3,(H,31,32). The van der Waals surface area contributed by atoms with E-state index >= 15 is 0 Å². The molecule has 0 aliphatic carbocycles. The molecule has 8 atom stereocenters. The summed E-state index contributed by atoms with van der Waals surface area (Å²) in [6.07, 6.45) is -9.38. The predicted octanol–water partition coefficient (Wildman–Crippen LogP) is -1.83. The molecule has 2 saturated heterocycles. The van der Waals surface area contributed by atoms with Gasteiger partial charge in [0.25, 0.3) is 0 Å². The number of aromatic hydroxyl groups is 2. The van der Waals surface area contributed by atoms with Gasteiger partial charge in [-0.3, -0.25) is 0 Å². The van der Waals surface area contributed by atoms with Crippen LogP contribution in [0.4, 0.5) is 0 Å². The number of carboxylic acids is 1. The molecule has 14 heteroatoms. The van der Waals surface area contributed by atoms with Crippen molar-refractivity contribution in [3.05, 3.63) is 17.2 Å². The van der Waals surface area contributed by atoms with Crippen molar-refractivity contribution in [2.45, 2.75) is 81.3 Å². The third kappa shape index (κ3) is 6.08. The van der Waals surface area contributed by atoms with Crippen LogP contribution >= 0.6 is 0 Å². The minimum Gasteiger partial charge on any atom is -0.504 e. The first-order valence-electron chi connectivity index (χ1n) is 11.9. The van der Waals surface area contributed by atoms with Crippen LogP contribution in [-0.4, -0.2) is 120 Å². The number of aromatic carboxylic acids is 1. The van der Waals surface area contributed by atoms with Crippen molar-refractivity contribution in [2.24, 2.45) is 0 Å². The molecule has 2 fully saturated rings. The van der Waals surface area contributed by atoms with Gasteiger partial charge in [-0.2, -0.15) is 0 Å². The molecule has 2 aliphatic rings. The SMILES string of the molecule is CCCCCc1c(C(=O)O)cc(O)c(O)c1OC1OC(COC2OCC(O)(CO)C2O)C(O)C(O)C1O. The van der Waals surface area contributed by atoms with Gasteiger partial charge in [-0.15, -0.1) is 0 Å². The van der Waals surface area contributed by atoms with Crippen LogP contribution in [0.3, 0.4) is 0 Å². The summed E-state index contributed by atoms with van der Waals surface area (Å²) in [6, 6.07) is 0.875. The fraction of sp³-hybridized carbons (Fsp3) is 0.696. The lowest BCUT2D eigenvalue weighted by Gasteiger charge is -2.40. The van der Waals surface area contributed by atoms with E-state index in [0.29, 0.717) is 6.42 Å². The van der Waals surface area contributed by atoms with Gasteiger partial charge in [-0.05, 0) is 18.9 Å². The number of hydrogen-bond acceptors (Lipinski definition) is 13. The maximum atomic E-state index is 11.8. The van der Waals surface area contributed by atoms with Gasteiger partial charge >= 0.3 is 5.97 Å². The van der Waals surface area contributed by atoms with E-state index in [1.54, 1.807) is 0 Å². The summed E-state index contributed by atoms with van der Waals surface area (Å²) in [6.45, 7) is 0.165. The second-order valence-corrected chi connectivity index (χ2v) is 9.21.